The number of carbonyl (C=O) groups is 2. The number of amides is 2. The van der Waals surface area contributed by atoms with Crippen LogP contribution in [0.15, 0.2) is 48.5 Å². The molecule has 8 heteroatoms. The smallest absolute Gasteiger partial charge is 0.242 e. The van der Waals surface area contributed by atoms with Gasteiger partial charge in [0.25, 0.3) is 0 Å². The van der Waals surface area contributed by atoms with E-state index >= 15 is 0 Å². The zero-order valence-electron chi connectivity index (χ0n) is 23.4. The van der Waals surface area contributed by atoms with Gasteiger partial charge in [-0.3, -0.25) is 14.5 Å². The maximum absolute atomic E-state index is 13.9. The quantitative estimate of drug-likeness (QED) is 0.399. The number of fused-ring (bicyclic) bond motifs is 1. The Morgan fingerprint density at radius 1 is 1.10 bits per heavy atom. The van der Waals surface area contributed by atoms with Crippen LogP contribution in [0.2, 0.25) is 0 Å². The molecule has 2 aliphatic rings. The van der Waals surface area contributed by atoms with Crippen molar-refractivity contribution in [3.63, 3.8) is 0 Å². The summed E-state index contributed by atoms with van der Waals surface area (Å²) in [6, 6.07) is 14.5. The molecule has 0 aliphatic carbocycles. The van der Waals surface area contributed by atoms with Gasteiger partial charge in [-0.2, -0.15) is 5.10 Å². The second-order valence-corrected chi connectivity index (χ2v) is 13.0. The molecule has 6 nitrogen and oxygen atoms in total. The molecule has 0 bridgehead atoms. The van der Waals surface area contributed by atoms with Crippen LogP contribution in [0.25, 0.3) is 5.69 Å². The van der Waals surface area contributed by atoms with Crippen molar-refractivity contribution < 1.29 is 14.0 Å². The number of aryl methyl sites for hydroxylation is 1. The van der Waals surface area contributed by atoms with Crippen molar-refractivity contribution in [2.75, 3.05) is 30.3 Å². The molecule has 1 aromatic heterocycles. The zero-order chi connectivity index (χ0) is 27.9. The van der Waals surface area contributed by atoms with Crippen LogP contribution in [0.3, 0.4) is 0 Å². The summed E-state index contributed by atoms with van der Waals surface area (Å²) in [6.45, 7) is 12.0. The Balaban J connectivity index is 1.70. The summed E-state index contributed by atoms with van der Waals surface area (Å²) >= 11 is 1.58. The van der Waals surface area contributed by atoms with Gasteiger partial charge in [-0.15, -0.1) is 11.8 Å². The highest BCUT2D eigenvalue weighted by Gasteiger charge is 2.40. The molecule has 0 N–H and O–H groups in total. The van der Waals surface area contributed by atoms with E-state index in [2.05, 4.69) is 52.8 Å². The van der Waals surface area contributed by atoms with Gasteiger partial charge in [0, 0.05) is 24.1 Å². The predicted molar refractivity (Wildman–Crippen MR) is 155 cm³/mol. The molecule has 39 heavy (non-hydrogen) atoms. The van der Waals surface area contributed by atoms with Crippen LogP contribution in [0.1, 0.15) is 68.2 Å². The summed E-state index contributed by atoms with van der Waals surface area (Å²) in [5.41, 5.74) is 4.34. The van der Waals surface area contributed by atoms with Gasteiger partial charge in [-0.1, -0.05) is 57.5 Å². The van der Waals surface area contributed by atoms with E-state index in [9.17, 15) is 14.0 Å². The second kappa shape index (κ2) is 10.8. The SMILES string of the molecule is Cc1cccc([C@H]2SCC(=O)N(CC(=O)N3CCC(C)CC3)c3c2c(C(C)(C)C)nn3-c2ccc(F)cc2)c1. The molecule has 2 amide bonds. The lowest BCUT2D eigenvalue weighted by Gasteiger charge is -2.32. The first-order valence-electron chi connectivity index (χ1n) is 13.7. The summed E-state index contributed by atoms with van der Waals surface area (Å²) in [7, 11) is 0. The Morgan fingerprint density at radius 3 is 2.44 bits per heavy atom. The zero-order valence-corrected chi connectivity index (χ0v) is 24.2. The fourth-order valence-electron chi connectivity index (χ4n) is 5.43. The molecule has 206 valence electrons. The van der Waals surface area contributed by atoms with Crippen LogP contribution < -0.4 is 4.90 Å². The molecule has 2 aromatic carbocycles. The molecule has 2 aliphatic heterocycles. The van der Waals surface area contributed by atoms with Crippen molar-refractivity contribution in [2.45, 2.75) is 58.1 Å². The normalized spacial score (nSPS) is 18.7. The molecule has 5 rings (SSSR count). The predicted octanol–water partition coefficient (Wildman–Crippen LogP) is 6.05. The molecule has 0 radical (unpaired) electrons. The van der Waals surface area contributed by atoms with Crippen LogP contribution in [-0.4, -0.2) is 51.9 Å². The lowest BCUT2D eigenvalue weighted by Crippen LogP contribution is -2.46. The maximum Gasteiger partial charge on any atom is 0.242 e. The number of hydrogen-bond donors (Lipinski definition) is 0. The monoisotopic (exact) mass is 548 g/mol. The third-order valence-corrected chi connectivity index (χ3v) is 8.90. The number of thioether (sulfide) groups is 1. The molecule has 1 fully saturated rings. The third-order valence-electron chi connectivity index (χ3n) is 7.65. The van der Waals surface area contributed by atoms with Crippen LogP contribution >= 0.6 is 11.8 Å². The van der Waals surface area contributed by atoms with Gasteiger partial charge in [0.2, 0.25) is 11.8 Å². The molecule has 0 saturated carbocycles. The number of rotatable bonds is 4. The third kappa shape index (κ3) is 5.62. The number of halogens is 1. The minimum absolute atomic E-state index is 0.0439. The fourth-order valence-corrected chi connectivity index (χ4v) is 6.61. The van der Waals surface area contributed by atoms with E-state index in [0.29, 0.717) is 30.5 Å². The van der Waals surface area contributed by atoms with Crippen molar-refractivity contribution in [1.82, 2.24) is 14.7 Å². The second-order valence-electron chi connectivity index (χ2n) is 11.9. The number of nitrogens with zero attached hydrogens (tertiary/aromatic N) is 4. The number of benzene rings is 2. The van der Waals surface area contributed by atoms with Crippen LogP contribution in [-0.2, 0) is 15.0 Å². The average Bonchev–Trinajstić information content (AvgIpc) is 3.22. The summed E-state index contributed by atoms with van der Waals surface area (Å²) in [5.74, 6) is 0.921. The molecule has 0 unspecified atom stereocenters. The number of anilines is 1. The number of hydrogen-bond acceptors (Lipinski definition) is 4. The van der Waals surface area contributed by atoms with Crippen LogP contribution in [0, 0.1) is 18.7 Å². The summed E-state index contributed by atoms with van der Waals surface area (Å²) in [4.78, 5) is 30.9. The maximum atomic E-state index is 13.9. The van der Waals surface area contributed by atoms with Crippen molar-refractivity contribution in [2.24, 2.45) is 5.92 Å². The van der Waals surface area contributed by atoms with Crippen LogP contribution in [0.4, 0.5) is 10.2 Å². The minimum atomic E-state index is -0.344. The largest absolute Gasteiger partial charge is 0.341 e. The van der Waals surface area contributed by atoms with Crippen molar-refractivity contribution in [1.29, 1.82) is 0 Å². The molecule has 3 aromatic rings. The van der Waals surface area contributed by atoms with E-state index in [0.717, 1.165) is 35.2 Å². The van der Waals surface area contributed by atoms with E-state index < -0.39 is 0 Å². The Bertz CT molecular complexity index is 1370. The molecule has 1 atom stereocenters. The van der Waals surface area contributed by atoms with Gasteiger partial charge in [0.1, 0.15) is 18.2 Å². The number of likely N-dealkylation sites (tertiary alicyclic amines) is 1. The molecular weight excluding hydrogens is 511 g/mol. The number of aromatic nitrogens is 2. The summed E-state index contributed by atoms with van der Waals surface area (Å²) in [5, 5.41) is 4.93. The molecular formula is C31H37FN4O2S. The van der Waals surface area contributed by atoms with Crippen LogP contribution in [0.5, 0.6) is 0 Å². The van der Waals surface area contributed by atoms with E-state index in [4.69, 9.17) is 5.10 Å². The number of piperidine rings is 1. The standard InChI is InChI=1S/C31H37FN4O2S/c1-20-13-15-34(16-14-20)25(37)18-35-26(38)19-39-28(22-8-6-7-21(2)17-22)27-29(31(3,4)5)33-36(30(27)35)24-11-9-23(32)10-12-24/h6-12,17,20,28H,13-16,18-19H2,1-5H3/t28-/m1/s1. The topological polar surface area (TPSA) is 58.4 Å². The Hall–Kier alpha value is -3.13. The Morgan fingerprint density at radius 2 is 1.79 bits per heavy atom. The minimum Gasteiger partial charge on any atom is -0.341 e. The highest BCUT2D eigenvalue weighted by Crippen LogP contribution is 2.48. The van der Waals surface area contributed by atoms with Crippen molar-refractivity contribution in [3.8, 4) is 5.69 Å². The Labute approximate surface area is 234 Å². The van der Waals surface area contributed by atoms with E-state index in [1.54, 1.807) is 33.5 Å². The van der Waals surface area contributed by atoms with Gasteiger partial charge in [0.15, 0.2) is 0 Å². The highest BCUT2D eigenvalue weighted by molar-refractivity contribution is 8.00. The van der Waals surface area contributed by atoms with Gasteiger partial charge < -0.3 is 4.90 Å². The molecule has 1 saturated heterocycles. The Kier molecular flexibility index (Phi) is 7.60. The fraction of sp³-hybridized carbons (Fsp3) is 0.452. The summed E-state index contributed by atoms with van der Waals surface area (Å²) in [6.07, 6.45) is 1.94. The van der Waals surface area contributed by atoms with E-state index in [1.807, 2.05) is 11.0 Å². The van der Waals surface area contributed by atoms with Gasteiger partial charge in [-0.25, -0.2) is 9.07 Å². The van der Waals surface area contributed by atoms with Crippen molar-refractivity contribution in [3.05, 3.63) is 76.7 Å². The first kappa shape index (κ1) is 27.4. The first-order chi connectivity index (χ1) is 18.5. The van der Waals surface area contributed by atoms with E-state index in [-0.39, 0.29) is 40.6 Å². The van der Waals surface area contributed by atoms with Crippen molar-refractivity contribution >= 4 is 29.4 Å². The average molecular weight is 549 g/mol. The highest BCUT2D eigenvalue weighted by atomic mass is 32.2. The van der Waals surface area contributed by atoms with Gasteiger partial charge in [-0.05, 0) is 55.5 Å². The lowest BCUT2D eigenvalue weighted by atomic mass is 9.87. The van der Waals surface area contributed by atoms with E-state index in [1.165, 1.54) is 12.1 Å². The lowest BCUT2D eigenvalue weighted by molar-refractivity contribution is -0.132. The summed E-state index contributed by atoms with van der Waals surface area (Å²) < 4.78 is 15.7. The number of carbonyl (C=O) groups excluding carboxylic acids is 2. The van der Waals surface area contributed by atoms with Gasteiger partial charge in [0.05, 0.1) is 22.4 Å². The first-order valence-corrected chi connectivity index (χ1v) is 14.7. The van der Waals surface area contributed by atoms with Gasteiger partial charge >= 0.3 is 0 Å². The molecule has 0 spiro atoms. The molecule has 3 heterocycles.